The van der Waals surface area contributed by atoms with Crippen LogP contribution in [0.25, 0.3) is 0 Å². The van der Waals surface area contributed by atoms with Crippen molar-refractivity contribution in [3.63, 3.8) is 0 Å². The summed E-state index contributed by atoms with van der Waals surface area (Å²) in [6.45, 7) is 8.63. The summed E-state index contributed by atoms with van der Waals surface area (Å²) in [7, 11) is 0. The largest absolute Gasteiger partial charge is 0.371 e. The summed E-state index contributed by atoms with van der Waals surface area (Å²) in [5, 5.41) is 0. The Morgan fingerprint density at radius 2 is 1.94 bits per heavy atom. The molecule has 0 amide bonds. The van der Waals surface area contributed by atoms with Crippen molar-refractivity contribution in [3.05, 3.63) is 29.6 Å². The highest BCUT2D eigenvalue weighted by Crippen LogP contribution is 2.31. The van der Waals surface area contributed by atoms with Crippen LogP contribution in [0.1, 0.15) is 26.3 Å². The maximum atomic E-state index is 13.4. The number of anilines is 1. The van der Waals surface area contributed by atoms with Crippen molar-refractivity contribution in [1.82, 2.24) is 0 Å². The van der Waals surface area contributed by atoms with Crippen LogP contribution in [0.3, 0.4) is 0 Å². The minimum absolute atomic E-state index is 0.0583. The molecule has 1 aromatic carbocycles. The molecule has 0 aliphatic carbocycles. The van der Waals surface area contributed by atoms with Crippen LogP contribution < -0.4 is 10.6 Å². The normalized spacial score (nSPS) is 25.5. The van der Waals surface area contributed by atoms with Crippen molar-refractivity contribution in [1.29, 1.82) is 0 Å². The standard InChI is InChI=1S/C15H23FN2/c1-10-8-18(9-11(10)2)15-5-4-14(16)7-13(15)6-12(3)17/h4-5,7,10-12H,6,8-9,17H2,1-3H3. The third kappa shape index (κ3) is 2.83. The number of benzene rings is 1. The summed E-state index contributed by atoms with van der Waals surface area (Å²) in [5.74, 6) is 1.21. The van der Waals surface area contributed by atoms with Crippen molar-refractivity contribution >= 4 is 5.69 Å². The van der Waals surface area contributed by atoms with E-state index in [1.54, 1.807) is 12.1 Å². The third-order valence-corrected chi connectivity index (χ3v) is 3.91. The first-order valence-corrected chi connectivity index (χ1v) is 6.76. The number of nitrogens with zero attached hydrogens (tertiary/aromatic N) is 1. The number of rotatable bonds is 3. The summed E-state index contributed by atoms with van der Waals surface area (Å²) in [6.07, 6.45) is 0.729. The molecule has 3 unspecified atom stereocenters. The molecule has 18 heavy (non-hydrogen) atoms. The summed E-state index contributed by atoms with van der Waals surface area (Å²) >= 11 is 0. The van der Waals surface area contributed by atoms with Gasteiger partial charge in [-0.25, -0.2) is 4.39 Å². The molecule has 3 atom stereocenters. The molecule has 1 aromatic rings. The lowest BCUT2D eigenvalue weighted by Crippen LogP contribution is -2.24. The van der Waals surface area contributed by atoms with E-state index in [2.05, 4.69) is 18.7 Å². The van der Waals surface area contributed by atoms with Crippen molar-refractivity contribution in [2.75, 3.05) is 18.0 Å². The van der Waals surface area contributed by atoms with Crippen LogP contribution in [0.4, 0.5) is 10.1 Å². The summed E-state index contributed by atoms with van der Waals surface area (Å²) in [5.41, 5.74) is 8.05. The van der Waals surface area contributed by atoms with E-state index in [-0.39, 0.29) is 11.9 Å². The smallest absolute Gasteiger partial charge is 0.123 e. The minimum atomic E-state index is -0.172. The Labute approximate surface area is 109 Å². The van der Waals surface area contributed by atoms with Crippen molar-refractivity contribution < 1.29 is 4.39 Å². The van der Waals surface area contributed by atoms with Gasteiger partial charge in [0, 0.05) is 24.8 Å². The molecule has 2 nitrogen and oxygen atoms in total. The highest BCUT2D eigenvalue weighted by atomic mass is 19.1. The average molecular weight is 250 g/mol. The molecule has 3 heteroatoms. The van der Waals surface area contributed by atoms with Crippen LogP contribution in [0.2, 0.25) is 0 Å². The van der Waals surface area contributed by atoms with E-state index in [0.717, 1.165) is 30.8 Å². The molecular weight excluding hydrogens is 227 g/mol. The lowest BCUT2D eigenvalue weighted by Gasteiger charge is -2.23. The average Bonchev–Trinajstić information content (AvgIpc) is 2.58. The van der Waals surface area contributed by atoms with Gasteiger partial charge in [-0.15, -0.1) is 0 Å². The van der Waals surface area contributed by atoms with Crippen LogP contribution in [0.15, 0.2) is 18.2 Å². The quantitative estimate of drug-likeness (QED) is 0.894. The number of hydrogen-bond donors (Lipinski definition) is 1. The van der Waals surface area contributed by atoms with Crippen molar-refractivity contribution in [2.24, 2.45) is 17.6 Å². The van der Waals surface area contributed by atoms with E-state index in [1.807, 2.05) is 13.0 Å². The molecule has 1 heterocycles. The molecule has 100 valence electrons. The first kappa shape index (κ1) is 13.3. The van der Waals surface area contributed by atoms with E-state index in [9.17, 15) is 4.39 Å². The molecule has 0 spiro atoms. The Morgan fingerprint density at radius 3 is 2.50 bits per heavy atom. The zero-order valence-electron chi connectivity index (χ0n) is 11.5. The monoisotopic (exact) mass is 250 g/mol. The summed E-state index contributed by atoms with van der Waals surface area (Å²) in [4.78, 5) is 2.37. The molecule has 1 saturated heterocycles. The van der Waals surface area contributed by atoms with Gasteiger partial charge in [-0.2, -0.15) is 0 Å². The highest BCUT2D eigenvalue weighted by Gasteiger charge is 2.27. The SMILES string of the molecule is CC(N)Cc1cc(F)ccc1N1CC(C)C(C)C1. The Morgan fingerprint density at radius 1 is 1.33 bits per heavy atom. The highest BCUT2D eigenvalue weighted by molar-refractivity contribution is 5.55. The lowest BCUT2D eigenvalue weighted by atomic mass is 10.0. The van der Waals surface area contributed by atoms with Gasteiger partial charge in [0.2, 0.25) is 0 Å². The second kappa shape index (κ2) is 5.27. The molecule has 0 bridgehead atoms. The first-order chi connectivity index (χ1) is 8.47. The second-order valence-electron chi connectivity index (χ2n) is 5.81. The van der Waals surface area contributed by atoms with Gasteiger partial charge in [0.05, 0.1) is 0 Å². The zero-order valence-corrected chi connectivity index (χ0v) is 11.5. The van der Waals surface area contributed by atoms with Crippen LogP contribution in [-0.4, -0.2) is 19.1 Å². The van der Waals surface area contributed by atoms with Crippen LogP contribution in [0, 0.1) is 17.7 Å². The molecule has 1 fully saturated rings. The van der Waals surface area contributed by atoms with Crippen LogP contribution in [0.5, 0.6) is 0 Å². The molecule has 2 rings (SSSR count). The van der Waals surface area contributed by atoms with Gasteiger partial charge in [-0.1, -0.05) is 13.8 Å². The molecule has 0 saturated carbocycles. The molecule has 1 aliphatic heterocycles. The fourth-order valence-corrected chi connectivity index (χ4v) is 2.70. The fourth-order valence-electron chi connectivity index (χ4n) is 2.70. The van der Waals surface area contributed by atoms with Crippen LogP contribution >= 0.6 is 0 Å². The van der Waals surface area contributed by atoms with Gasteiger partial charge < -0.3 is 10.6 Å². The number of nitrogens with two attached hydrogens (primary N) is 1. The van der Waals surface area contributed by atoms with Gasteiger partial charge in [0.1, 0.15) is 5.82 Å². The molecular formula is C15H23FN2. The van der Waals surface area contributed by atoms with Gasteiger partial charge in [-0.05, 0) is 48.9 Å². The van der Waals surface area contributed by atoms with E-state index in [4.69, 9.17) is 5.73 Å². The van der Waals surface area contributed by atoms with Crippen LogP contribution in [-0.2, 0) is 6.42 Å². The summed E-state index contributed by atoms with van der Waals surface area (Å²) in [6, 6.07) is 5.14. The predicted octanol–water partition coefficient (Wildman–Crippen LogP) is 2.81. The molecule has 2 N–H and O–H groups in total. The van der Waals surface area contributed by atoms with Gasteiger partial charge >= 0.3 is 0 Å². The predicted molar refractivity (Wildman–Crippen MR) is 74.3 cm³/mol. The van der Waals surface area contributed by atoms with Gasteiger partial charge in [-0.3, -0.25) is 0 Å². The van der Waals surface area contributed by atoms with Crippen molar-refractivity contribution in [3.8, 4) is 0 Å². The van der Waals surface area contributed by atoms with E-state index < -0.39 is 0 Å². The molecule has 0 aromatic heterocycles. The molecule has 0 radical (unpaired) electrons. The van der Waals surface area contributed by atoms with E-state index in [1.165, 1.54) is 0 Å². The van der Waals surface area contributed by atoms with Gasteiger partial charge in [0.15, 0.2) is 0 Å². The Hall–Kier alpha value is -1.09. The maximum absolute atomic E-state index is 13.4. The Balaban J connectivity index is 2.26. The van der Waals surface area contributed by atoms with Gasteiger partial charge in [0.25, 0.3) is 0 Å². The topological polar surface area (TPSA) is 29.3 Å². The lowest BCUT2D eigenvalue weighted by molar-refractivity contribution is 0.494. The fraction of sp³-hybridized carbons (Fsp3) is 0.600. The van der Waals surface area contributed by atoms with E-state index in [0.29, 0.717) is 11.8 Å². The maximum Gasteiger partial charge on any atom is 0.123 e. The zero-order chi connectivity index (χ0) is 13.3. The Kier molecular flexibility index (Phi) is 3.91. The summed E-state index contributed by atoms with van der Waals surface area (Å²) < 4.78 is 13.4. The number of halogens is 1. The van der Waals surface area contributed by atoms with Crippen molar-refractivity contribution in [2.45, 2.75) is 33.2 Å². The minimum Gasteiger partial charge on any atom is -0.371 e. The second-order valence-corrected chi connectivity index (χ2v) is 5.81. The number of hydrogen-bond acceptors (Lipinski definition) is 2. The Bertz CT molecular complexity index is 407. The molecule has 1 aliphatic rings. The van der Waals surface area contributed by atoms with E-state index >= 15 is 0 Å². The first-order valence-electron chi connectivity index (χ1n) is 6.76. The third-order valence-electron chi connectivity index (χ3n) is 3.91.